The Kier molecular flexibility index (Phi) is 4.95. The molecule has 2 amide bonds. The van der Waals surface area contributed by atoms with E-state index in [0.717, 1.165) is 0 Å². The summed E-state index contributed by atoms with van der Waals surface area (Å²) in [5.74, 6) is -0.0279. The Bertz CT molecular complexity index is 499. The lowest BCUT2D eigenvalue weighted by Crippen LogP contribution is -2.43. The molecule has 1 aromatic heterocycles. The summed E-state index contributed by atoms with van der Waals surface area (Å²) < 4.78 is 0. The number of nitrogens with one attached hydrogen (secondary N) is 1. The van der Waals surface area contributed by atoms with E-state index in [1.807, 2.05) is 6.92 Å². The zero-order valence-electron chi connectivity index (χ0n) is 11.4. The van der Waals surface area contributed by atoms with Gasteiger partial charge in [-0.25, -0.2) is 0 Å². The molecule has 1 saturated heterocycles. The standard InChI is InChI=1S/C14H18ClN3O2/c1-2-17-13(19)10-4-7-18(8-5-10)14(20)11-9-16-6-3-12(11)15/h3,6,9-10H,2,4-5,7-8H2,1H3,(H,17,19). The molecule has 0 radical (unpaired) electrons. The molecule has 1 fully saturated rings. The van der Waals surface area contributed by atoms with E-state index in [0.29, 0.717) is 43.1 Å². The molecule has 0 atom stereocenters. The highest BCUT2D eigenvalue weighted by molar-refractivity contribution is 6.33. The van der Waals surface area contributed by atoms with Gasteiger partial charge in [0, 0.05) is 37.9 Å². The predicted octanol–water partition coefficient (Wildman–Crippen LogP) is 1.72. The molecule has 0 aliphatic carbocycles. The molecule has 6 heteroatoms. The van der Waals surface area contributed by atoms with E-state index in [9.17, 15) is 9.59 Å². The number of likely N-dealkylation sites (tertiary alicyclic amines) is 1. The van der Waals surface area contributed by atoms with Crippen LogP contribution in [-0.4, -0.2) is 41.3 Å². The van der Waals surface area contributed by atoms with Crippen molar-refractivity contribution in [2.24, 2.45) is 5.92 Å². The van der Waals surface area contributed by atoms with Gasteiger partial charge in [-0.1, -0.05) is 11.6 Å². The van der Waals surface area contributed by atoms with Crippen molar-refractivity contribution in [2.75, 3.05) is 19.6 Å². The van der Waals surface area contributed by atoms with Crippen LogP contribution < -0.4 is 5.32 Å². The number of aromatic nitrogens is 1. The van der Waals surface area contributed by atoms with Gasteiger partial charge in [-0.15, -0.1) is 0 Å². The molecule has 20 heavy (non-hydrogen) atoms. The summed E-state index contributed by atoms with van der Waals surface area (Å²) in [7, 11) is 0. The molecule has 1 aliphatic heterocycles. The van der Waals surface area contributed by atoms with E-state index in [1.54, 1.807) is 17.2 Å². The fourth-order valence-corrected chi connectivity index (χ4v) is 2.55. The summed E-state index contributed by atoms with van der Waals surface area (Å²) in [4.78, 5) is 29.7. The Morgan fingerprint density at radius 1 is 1.45 bits per heavy atom. The second kappa shape index (κ2) is 6.70. The van der Waals surface area contributed by atoms with E-state index in [4.69, 9.17) is 11.6 Å². The molecule has 1 aromatic rings. The molecule has 5 nitrogen and oxygen atoms in total. The van der Waals surface area contributed by atoms with Crippen molar-refractivity contribution in [2.45, 2.75) is 19.8 Å². The minimum atomic E-state index is -0.113. The van der Waals surface area contributed by atoms with Gasteiger partial charge < -0.3 is 10.2 Å². The monoisotopic (exact) mass is 295 g/mol. The highest BCUT2D eigenvalue weighted by Crippen LogP contribution is 2.21. The van der Waals surface area contributed by atoms with Crippen LogP contribution in [0.3, 0.4) is 0 Å². The van der Waals surface area contributed by atoms with Crippen molar-refractivity contribution >= 4 is 23.4 Å². The fraction of sp³-hybridized carbons (Fsp3) is 0.500. The van der Waals surface area contributed by atoms with Crippen molar-refractivity contribution in [3.05, 3.63) is 29.0 Å². The van der Waals surface area contributed by atoms with Gasteiger partial charge >= 0.3 is 0 Å². The average Bonchev–Trinajstić information content (AvgIpc) is 2.47. The summed E-state index contributed by atoms with van der Waals surface area (Å²) in [5.41, 5.74) is 0.422. The number of amides is 2. The minimum absolute atomic E-state index is 0.00312. The number of halogens is 1. The number of rotatable bonds is 3. The van der Waals surface area contributed by atoms with Gasteiger partial charge in [-0.05, 0) is 25.8 Å². The molecule has 108 valence electrons. The van der Waals surface area contributed by atoms with Gasteiger partial charge in [0.15, 0.2) is 0 Å². The normalized spacial score (nSPS) is 16.0. The van der Waals surface area contributed by atoms with Crippen LogP contribution in [0.15, 0.2) is 18.5 Å². The van der Waals surface area contributed by atoms with E-state index >= 15 is 0 Å². The molecule has 0 aromatic carbocycles. The number of carbonyl (C=O) groups is 2. The van der Waals surface area contributed by atoms with Crippen LogP contribution >= 0.6 is 11.6 Å². The highest BCUT2D eigenvalue weighted by atomic mass is 35.5. The van der Waals surface area contributed by atoms with Crippen LogP contribution in [0.5, 0.6) is 0 Å². The molecule has 2 rings (SSSR count). The van der Waals surface area contributed by atoms with Crippen molar-refractivity contribution in [1.29, 1.82) is 0 Å². The number of nitrogens with zero attached hydrogens (tertiary/aromatic N) is 2. The third-order valence-electron chi connectivity index (χ3n) is 3.50. The molecule has 2 heterocycles. The summed E-state index contributed by atoms with van der Waals surface area (Å²) in [6.45, 7) is 3.70. The average molecular weight is 296 g/mol. The highest BCUT2D eigenvalue weighted by Gasteiger charge is 2.28. The first-order valence-corrected chi connectivity index (χ1v) is 7.17. The van der Waals surface area contributed by atoms with E-state index in [1.165, 1.54) is 6.20 Å². The lowest BCUT2D eigenvalue weighted by Gasteiger charge is -2.31. The Morgan fingerprint density at radius 3 is 2.75 bits per heavy atom. The van der Waals surface area contributed by atoms with E-state index < -0.39 is 0 Å². The molecule has 0 bridgehead atoms. The zero-order valence-corrected chi connectivity index (χ0v) is 12.2. The smallest absolute Gasteiger partial charge is 0.256 e. The Labute approximate surface area is 123 Å². The number of hydrogen-bond donors (Lipinski definition) is 1. The minimum Gasteiger partial charge on any atom is -0.356 e. The molecular weight excluding hydrogens is 278 g/mol. The van der Waals surface area contributed by atoms with Crippen molar-refractivity contribution in [3.8, 4) is 0 Å². The van der Waals surface area contributed by atoms with Crippen molar-refractivity contribution < 1.29 is 9.59 Å². The van der Waals surface area contributed by atoms with Gasteiger partial charge in [0.1, 0.15) is 0 Å². The number of pyridine rings is 1. The molecule has 0 saturated carbocycles. The number of hydrogen-bond acceptors (Lipinski definition) is 3. The maximum Gasteiger partial charge on any atom is 0.256 e. The summed E-state index contributed by atoms with van der Waals surface area (Å²) >= 11 is 6.01. The van der Waals surface area contributed by atoms with Gasteiger partial charge in [0.2, 0.25) is 5.91 Å². The molecular formula is C14H18ClN3O2. The molecule has 0 spiro atoms. The second-order valence-electron chi connectivity index (χ2n) is 4.82. The van der Waals surface area contributed by atoms with Crippen LogP contribution in [0, 0.1) is 5.92 Å². The maximum absolute atomic E-state index is 12.3. The first kappa shape index (κ1) is 14.8. The summed E-state index contributed by atoms with van der Waals surface area (Å²) in [5, 5.41) is 3.24. The van der Waals surface area contributed by atoms with Crippen LogP contribution in [0.2, 0.25) is 5.02 Å². The molecule has 1 aliphatic rings. The van der Waals surface area contributed by atoms with Gasteiger partial charge in [0.25, 0.3) is 5.91 Å². The Morgan fingerprint density at radius 2 is 2.15 bits per heavy atom. The van der Waals surface area contributed by atoms with Crippen LogP contribution in [-0.2, 0) is 4.79 Å². The third kappa shape index (κ3) is 3.28. The first-order chi connectivity index (χ1) is 9.63. The van der Waals surface area contributed by atoms with Crippen molar-refractivity contribution in [1.82, 2.24) is 15.2 Å². The molecule has 0 unspecified atom stereocenters. The predicted molar refractivity (Wildman–Crippen MR) is 76.6 cm³/mol. The first-order valence-electron chi connectivity index (χ1n) is 6.80. The van der Waals surface area contributed by atoms with Gasteiger partial charge in [-0.2, -0.15) is 0 Å². The van der Waals surface area contributed by atoms with Crippen molar-refractivity contribution in [3.63, 3.8) is 0 Å². The second-order valence-corrected chi connectivity index (χ2v) is 5.22. The van der Waals surface area contributed by atoms with Crippen LogP contribution in [0.4, 0.5) is 0 Å². The lowest BCUT2D eigenvalue weighted by molar-refractivity contribution is -0.126. The quantitative estimate of drug-likeness (QED) is 0.923. The summed E-state index contributed by atoms with van der Waals surface area (Å²) in [6.07, 6.45) is 4.42. The van der Waals surface area contributed by atoms with Crippen LogP contribution in [0.1, 0.15) is 30.1 Å². The lowest BCUT2D eigenvalue weighted by atomic mass is 9.95. The zero-order chi connectivity index (χ0) is 14.5. The van der Waals surface area contributed by atoms with E-state index in [2.05, 4.69) is 10.3 Å². The van der Waals surface area contributed by atoms with E-state index in [-0.39, 0.29) is 17.7 Å². The molecule has 1 N–H and O–H groups in total. The third-order valence-corrected chi connectivity index (χ3v) is 3.83. The maximum atomic E-state index is 12.3. The largest absolute Gasteiger partial charge is 0.356 e. The van der Waals surface area contributed by atoms with Gasteiger partial charge in [-0.3, -0.25) is 14.6 Å². The fourth-order valence-electron chi connectivity index (χ4n) is 2.37. The SMILES string of the molecule is CCNC(=O)C1CCN(C(=O)c2cnccc2Cl)CC1. The summed E-state index contributed by atoms with van der Waals surface area (Å²) in [6, 6.07) is 1.61. The Hall–Kier alpha value is -1.62. The van der Waals surface area contributed by atoms with Crippen LogP contribution in [0.25, 0.3) is 0 Å². The van der Waals surface area contributed by atoms with Gasteiger partial charge in [0.05, 0.1) is 10.6 Å². The Balaban J connectivity index is 1.96. The topological polar surface area (TPSA) is 62.3 Å². The number of piperidine rings is 1. The number of carbonyl (C=O) groups excluding carboxylic acids is 2.